The van der Waals surface area contributed by atoms with Gasteiger partial charge >= 0.3 is 0 Å². The molecule has 3 aromatic rings. The zero-order valence-corrected chi connectivity index (χ0v) is 17.5. The van der Waals surface area contributed by atoms with Crippen LogP contribution >= 0.6 is 0 Å². The number of anilines is 2. The third-order valence-corrected chi connectivity index (χ3v) is 5.78. The molecule has 1 amide bonds. The van der Waals surface area contributed by atoms with Crippen molar-refractivity contribution in [3.63, 3.8) is 0 Å². The van der Waals surface area contributed by atoms with Gasteiger partial charge in [-0.3, -0.25) is 9.10 Å². The number of hydrogen-bond acceptors (Lipinski definition) is 3. The molecule has 0 saturated heterocycles. The van der Waals surface area contributed by atoms with Crippen molar-refractivity contribution in [1.29, 1.82) is 0 Å². The first-order chi connectivity index (χ1) is 13.8. The summed E-state index contributed by atoms with van der Waals surface area (Å²) < 4.78 is 26.4. The Morgan fingerprint density at radius 2 is 1.45 bits per heavy atom. The molecule has 0 aliphatic rings. The van der Waals surface area contributed by atoms with Crippen LogP contribution in [0.3, 0.4) is 0 Å². The molecule has 0 fully saturated rings. The molecular weight excluding hydrogens is 384 g/mol. The lowest BCUT2D eigenvalue weighted by Gasteiger charge is -2.26. The van der Waals surface area contributed by atoms with Crippen LogP contribution in [0, 0.1) is 13.8 Å². The fraction of sp³-hybridized carbons (Fsp3) is 0.174. The summed E-state index contributed by atoms with van der Waals surface area (Å²) in [5.41, 5.74) is 4.52. The molecule has 3 rings (SSSR count). The van der Waals surface area contributed by atoms with Crippen LogP contribution in [0.2, 0.25) is 0 Å². The average Bonchev–Trinajstić information content (AvgIpc) is 2.67. The fourth-order valence-corrected chi connectivity index (χ4v) is 4.22. The van der Waals surface area contributed by atoms with Crippen molar-refractivity contribution in [1.82, 2.24) is 0 Å². The molecule has 5 nitrogen and oxygen atoms in total. The van der Waals surface area contributed by atoms with Gasteiger partial charge in [-0.2, -0.15) is 0 Å². The lowest BCUT2D eigenvalue weighted by Crippen LogP contribution is -2.30. The second-order valence-electron chi connectivity index (χ2n) is 7.03. The van der Waals surface area contributed by atoms with Gasteiger partial charge in [0.25, 0.3) is 5.91 Å². The molecular formula is C23H24N2O3S. The number of carbonyl (C=O) groups excluding carboxylic acids is 1. The van der Waals surface area contributed by atoms with Gasteiger partial charge in [0.1, 0.15) is 0 Å². The van der Waals surface area contributed by atoms with Crippen LogP contribution in [-0.2, 0) is 16.6 Å². The van der Waals surface area contributed by atoms with Gasteiger partial charge in [-0.15, -0.1) is 0 Å². The zero-order chi connectivity index (χ0) is 21.0. The molecule has 0 radical (unpaired) electrons. The highest BCUT2D eigenvalue weighted by Crippen LogP contribution is 2.28. The second-order valence-corrected chi connectivity index (χ2v) is 8.93. The van der Waals surface area contributed by atoms with Gasteiger partial charge in [0.05, 0.1) is 18.5 Å². The SMILES string of the molecule is Cc1cccc(C)c1N(Cc1ccc(C(=O)Nc2ccccc2)cc1)S(C)(=O)=O. The smallest absolute Gasteiger partial charge is 0.255 e. The van der Waals surface area contributed by atoms with Gasteiger partial charge in [-0.05, 0) is 54.8 Å². The standard InChI is InChI=1S/C23H24N2O3S/c1-17-8-7-9-18(2)22(17)25(29(3,27)28)16-19-12-14-20(15-13-19)23(26)24-21-10-5-4-6-11-21/h4-15H,16H2,1-3H3,(H,24,26). The molecule has 6 heteroatoms. The van der Waals surface area contributed by atoms with E-state index in [1.54, 1.807) is 24.3 Å². The third-order valence-electron chi connectivity index (χ3n) is 4.66. The summed E-state index contributed by atoms with van der Waals surface area (Å²) in [6.07, 6.45) is 1.21. The van der Waals surface area contributed by atoms with E-state index in [0.717, 1.165) is 22.4 Å². The normalized spacial score (nSPS) is 11.1. The minimum Gasteiger partial charge on any atom is -0.322 e. The molecule has 150 valence electrons. The maximum absolute atomic E-state index is 12.5. The first-order valence-corrected chi connectivity index (χ1v) is 11.1. The summed E-state index contributed by atoms with van der Waals surface area (Å²) >= 11 is 0. The molecule has 0 aliphatic carbocycles. The topological polar surface area (TPSA) is 66.5 Å². The lowest BCUT2D eigenvalue weighted by atomic mass is 10.1. The Morgan fingerprint density at radius 3 is 2.00 bits per heavy atom. The number of nitrogens with zero attached hydrogens (tertiary/aromatic N) is 1. The van der Waals surface area contributed by atoms with Crippen molar-refractivity contribution in [3.8, 4) is 0 Å². The maximum atomic E-state index is 12.5. The molecule has 0 unspecified atom stereocenters. The number of rotatable bonds is 6. The number of benzene rings is 3. The Labute approximate surface area is 172 Å². The maximum Gasteiger partial charge on any atom is 0.255 e. The number of hydrogen-bond donors (Lipinski definition) is 1. The van der Waals surface area contributed by atoms with Crippen molar-refractivity contribution in [2.45, 2.75) is 20.4 Å². The van der Waals surface area contributed by atoms with E-state index in [0.29, 0.717) is 11.3 Å². The summed E-state index contributed by atoms with van der Waals surface area (Å²) in [5, 5.41) is 2.84. The minimum atomic E-state index is -3.47. The molecule has 0 heterocycles. The van der Waals surface area contributed by atoms with Crippen molar-refractivity contribution in [2.75, 3.05) is 15.9 Å². The molecule has 0 aliphatic heterocycles. The van der Waals surface area contributed by atoms with Crippen LogP contribution in [-0.4, -0.2) is 20.6 Å². The highest BCUT2D eigenvalue weighted by molar-refractivity contribution is 7.92. The quantitative estimate of drug-likeness (QED) is 0.652. The van der Waals surface area contributed by atoms with E-state index >= 15 is 0 Å². The Kier molecular flexibility index (Phi) is 6.03. The predicted octanol–water partition coefficient (Wildman–Crippen LogP) is 4.52. The van der Waals surface area contributed by atoms with Crippen molar-refractivity contribution < 1.29 is 13.2 Å². The van der Waals surface area contributed by atoms with Gasteiger partial charge in [0.2, 0.25) is 10.0 Å². The number of sulfonamides is 1. The van der Waals surface area contributed by atoms with E-state index < -0.39 is 10.0 Å². The summed E-state index contributed by atoms with van der Waals surface area (Å²) in [6, 6.07) is 21.9. The first-order valence-electron chi connectivity index (χ1n) is 9.25. The summed E-state index contributed by atoms with van der Waals surface area (Å²) in [6.45, 7) is 4.00. The van der Waals surface area contributed by atoms with Crippen molar-refractivity contribution in [3.05, 3.63) is 95.1 Å². The number of para-hydroxylation sites is 2. The fourth-order valence-electron chi connectivity index (χ4n) is 3.21. The van der Waals surface area contributed by atoms with E-state index in [-0.39, 0.29) is 12.5 Å². The van der Waals surface area contributed by atoms with Crippen LogP contribution in [0.25, 0.3) is 0 Å². The van der Waals surface area contributed by atoms with Gasteiger partial charge in [0, 0.05) is 11.3 Å². The monoisotopic (exact) mass is 408 g/mol. The zero-order valence-electron chi connectivity index (χ0n) is 16.7. The summed E-state index contributed by atoms with van der Waals surface area (Å²) in [7, 11) is -3.47. The molecule has 0 spiro atoms. The lowest BCUT2D eigenvalue weighted by molar-refractivity contribution is 0.102. The van der Waals surface area contributed by atoms with E-state index in [9.17, 15) is 13.2 Å². The van der Waals surface area contributed by atoms with Crippen LogP contribution in [0.1, 0.15) is 27.0 Å². The first kappa shape index (κ1) is 20.6. The minimum absolute atomic E-state index is 0.200. The Morgan fingerprint density at radius 1 is 0.862 bits per heavy atom. The van der Waals surface area contributed by atoms with Crippen LogP contribution < -0.4 is 9.62 Å². The molecule has 0 bridgehead atoms. The average molecular weight is 409 g/mol. The summed E-state index contributed by atoms with van der Waals surface area (Å²) in [5.74, 6) is -0.211. The molecule has 1 N–H and O–H groups in total. The Hall–Kier alpha value is -3.12. The highest BCUT2D eigenvalue weighted by atomic mass is 32.2. The van der Waals surface area contributed by atoms with Crippen LogP contribution in [0.4, 0.5) is 11.4 Å². The van der Waals surface area contributed by atoms with E-state index in [2.05, 4.69) is 5.32 Å². The van der Waals surface area contributed by atoms with Gasteiger partial charge in [-0.25, -0.2) is 8.42 Å². The third kappa shape index (κ3) is 5.03. The molecule has 0 atom stereocenters. The number of carbonyl (C=O) groups is 1. The van der Waals surface area contributed by atoms with Crippen LogP contribution in [0.15, 0.2) is 72.8 Å². The molecule has 29 heavy (non-hydrogen) atoms. The molecule has 0 saturated carbocycles. The number of aryl methyl sites for hydroxylation is 2. The predicted molar refractivity (Wildman–Crippen MR) is 118 cm³/mol. The molecule has 0 aromatic heterocycles. The van der Waals surface area contributed by atoms with E-state index in [4.69, 9.17) is 0 Å². The largest absolute Gasteiger partial charge is 0.322 e. The van der Waals surface area contributed by atoms with Gasteiger partial charge < -0.3 is 5.32 Å². The Bertz CT molecular complexity index is 1090. The van der Waals surface area contributed by atoms with Crippen molar-refractivity contribution in [2.24, 2.45) is 0 Å². The second kappa shape index (κ2) is 8.49. The summed E-state index contributed by atoms with van der Waals surface area (Å²) in [4.78, 5) is 12.4. The van der Waals surface area contributed by atoms with E-state index in [1.807, 2.05) is 62.4 Å². The number of amides is 1. The Balaban J connectivity index is 1.82. The molecule has 3 aromatic carbocycles. The van der Waals surface area contributed by atoms with E-state index in [1.165, 1.54) is 10.6 Å². The van der Waals surface area contributed by atoms with Gasteiger partial charge in [-0.1, -0.05) is 48.5 Å². The van der Waals surface area contributed by atoms with Crippen molar-refractivity contribution >= 4 is 27.3 Å². The van der Waals surface area contributed by atoms with Crippen LogP contribution in [0.5, 0.6) is 0 Å². The number of nitrogens with one attached hydrogen (secondary N) is 1. The highest BCUT2D eigenvalue weighted by Gasteiger charge is 2.21. The van der Waals surface area contributed by atoms with Gasteiger partial charge in [0.15, 0.2) is 0 Å².